The lowest BCUT2D eigenvalue weighted by molar-refractivity contribution is -0.134. The summed E-state index contributed by atoms with van der Waals surface area (Å²) in [6.45, 7) is 1.56. The van der Waals surface area contributed by atoms with Crippen LogP contribution in [-0.4, -0.2) is 55.5 Å². The molecule has 1 aliphatic rings. The number of hydrogen-bond donors (Lipinski definition) is 0. The van der Waals surface area contributed by atoms with Crippen LogP contribution in [0, 0.1) is 0 Å². The second-order valence-corrected chi connectivity index (χ2v) is 6.28. The maximum Gasteiger partial charge on any atom is 0.260 e. The minimum Gasteiger partial charge on any atom is -0.482 e. The SMILES string of the molecule is CN(C)C1CCN(C(=O)COc2ccc(Cl)cc2Cl)CC1. The average molecular weight is 331 g/mol. The summed E-state index contributed by atoms with van der Waals surface area (Å²) in [5, 5.41) is 0.964. The Balaban J connectivity index is 1.82. The van der Waals surface area contributed by atoms with Crippen LogP contribution in [0.4, 0.5) is 0 Å². The molecule has 116 valence electrons. The molecular formula is C15H20Cl2N2O2. The van der Waals surface area contributed by atoms with Crippen molar-refractivity contribution in [2.24, 2.45) is 0 Å². The summed E-state index contributed by atoms with van der Waals surface area (Å²) in [5.74, 6) is 0.482. The highest BCUT2D eigenvalue weighted by atomic mass is 35.5. The number of benzene rings is 1. The molecule has 1 aromatic rings. The highest BCUT2D eigenvalue weighted by molar-refractivity contribution is 6.35. The van der Waals surface area contributed by atoms with Crippen molar-refractivity contribution < 1.29 is 9.53 Å². The van der Waals surface area contributed by atoms with Gasteiger partial charge >= 0.3 is 0 Å². The van der Waals surface area contributed by atoms with E-state index in [1.54, 1.807) is 18.2 Å². The van der Waals surface area contributed by atoms with E-state index < -0.39 is 0 Å². The van der Waals surface area contributed by atoms with E-state index in [0.29, 0.717) is 21.8 Å². The van der Waals surface area contributed by atoms with Crippen LogP contribution >= 0.6 is 23.2 Å². The minimum atomic E-state index is -0.00165. The number of halogens is 2. The molecule has 1 heterocycles. The average Bonchev–Trinajstić information content (AvgIpc) is 2.46. The van der Waals surface area contributed by atoms with E-state index in [0.717, 1.165) is 25.9 Å². The van der Waals surface area contributed by atoms with E-state index in [-0.39, 0.29) is 12.5 Å². The summed E-state index contributed by atoms with van der Waals surface area (Å²) in [7, 11) is 4.15. The lowest BCUT2D eigenvalue weighted by Gasteiger charge is -2.35. The molecule has 21 heavy (non-hydrogen) atoms. The monoisotopic (exact) mass is 330 g/mol. The molecule has 1 aromatic carbocycles. The van der Waals surface area contributed by atoms with Crippen molar-refractivity contribution in [1.29, 1.82) is 0 Å². The maximum absolute atomic E-state index is 12.1. The lowest BCUT2D eigenvalue weighted by Crippen LogP contribution is -2.45. The summed E-state index contributed by atoms with van der Waals surface area (Å²) in [4.78, 5) is 16.2. The van der Waals surface area contributed by atoms with Gasteiger partial charge in [-0.2, -0.15) is 0 Å². The number of amides is 1. The van der Waals surface area contributed by atoms with Crippen LogP contribution in [0.3, 0.4) is 0 Å². The Kier molecular flexibility index (Phi) is 5.73. The molecule has 0 radical (unpaired) electrons. The quantitative estimate of drug-likeness (QED) is 0.850. The number of nitrogens with zero attached hydrogens (tertiary/aromatic N) is 2. The molecule has 1 fully saturated rings. The molecule has 0 bridgehead atoms. The summed E-state index contributed by atoms with van der Waals surface area (Å²) >= 11 is 11.8. The zero-order valence-corrected chi connectivity index (χ0v) is 13.8. The summed E-state index contributed by atoms with van der Waals surface area (Å²) in [5.41, 5.74) is 0. The van der Waals surface area contributed by atoms with Gasteiger partial charge in [0, 0.05) is 24.2 Å². The van der Waals surface area contributed by atoms with Crippen molar-refractivity contribution in [1.82, 2.24) is 9.80 Å². The second-order valence-electron chi connectivity index (χ2n) is 5.44. The first kappa shape index (κ1) is 16.4. The van der Waals surface area contributed by atoms with Gasteiger partial charge in [-0.15, -0.1) is 0 Å². The van der Waals surface area contributed by atoms with Gasteiger partial charge in [0.1, 0.15) is 5.75 Å². The molecule has 1 aliphatic heterocycles. The summed E-state index contributed by atoms with van der Waals surface area (Å²) < 4.78 is 5.49. The normalized spacial score (nSPS) is 16.3. The van der Waals surface area contributed by atoms with E-state index in [2.05, 4.69) is 19.0 Å². The second kappa shape index (κ2) is 7.34. The van der Waals surface area contributed by atoms with Crippen molar-refractivity contribution in [2.45, 2.75) is 18.9 Å². The van der Waals surface area contributed by atoms with E-state index in [1.165, 1.54) is 0 Å². The Labute approximate surface area is 135 Å². The summed E-state index contributed by atoms with van der Waals surface area (Å²) in [6.07, 6.45) is 2.00. The highest BCUT2D eigenvalue weighted by Gasteiger charge is 2.24. The van der Waals surface area contributed by atoms with Gasteiger partial charge in [0.25, 0.3) is 5.91 Å². The van der Waals surface area contributed by atoms with Crippen LogP contribution in [0.5, 0.6) is 5.75 Å². The molecule has 6 heteroatoms. The van der Waals surface area contributed by atoms with Crippen molar-refractivity contribution >= 4 is 29.1 Å². The van der Waals surface area contributed by atoms with Crippen molar-refractivity contribution in [2.75, 3.05) is 33.8 Å². The third-order valence-corrected chi connectivity index (χ3v) is 4.32. The van der Waals surface area contributed by atoms with E-state index in [4.69, 9.17) is 27.9 Å². The number of piperidine rings is 1. The number of hydrogen-bond acceptors (Lipinski definition) is 3. The zero-order chi connectivity index (χ0) is 15.4. The molecule has 0 N–H and O–H groups in total. The Morgan fingerprint density at radius 3 is 2.57 bits per heavy atom. The molecule has 0 aromatic heterocycles. The van der Waals surface area contributed by atoms with E-state index >= 15 is 0 Å². The number of likely N-dealkylation sites (tertiary alicyclic amines) is 1. The molecular weight excluding hydrogens is 311 g/mol. The molecule has 0 atom stereocenters. The van der Waals surface area contributed by atoms with Gasteiger partial charge in [-0.05, 0) is 45.1 Å². The topological polar surface area (TPSA) is 32.8 Å². The molecule has 0 saturated carbocycles. The number of rotatable bonds is 4. The van der Waals surface area contributed by atoms with Crippen LogP contribution in [0.15, 0.2) is 18.2 Å². The zero-order valence-electron chi connectivity index (χ0n) is 12.3. The Hall–Kier alpha value is -0.970. The van der Waals surface area contributed by atoms with Gasteiger partial charge in [-0.1, -0.05) is 23.2 Å². The molecule has 1 saturated heterocycles. The largest absolute Gasteiger partial charge is 0.482 e. The van der Waals surface area contributed by atoms with Crippen LogP contribution in [0.1, 0.15) is 12.8 Å². The van der Waals surface area contributed by atoms with E-state index in [9.17, 15) is 4.79 Å². The first-order valence-electron chi connectivity index (χ1n) is 6.99. The van der Waals surface area contributed by atoms with Crippen LogP contribution in [0.2, 0.25) is 10.0 Å². The number of carbonyl (C=O) groups excluding carboxylic acids is 1. The van der Waals surface area contributed by atoms with E-state index in [1.807, 2.05) is 4.90 Å². The number of ether oxygens (including phenoxy) is 1. The maximum atomic E-state index is 12.1. The van der Waals surface area contributed by atoms with Crippen LogP contribution in [-0.2, 0) is 4.79 Å². The Morgan fingerprint density at radius 1 is 1.33 bits per heavy atom. The van der Waals surface area contributed by atoms with Crippen LogP contribution < -0.4 is 4.74 Å². The van der Waals surface area contributed by atoms with Gasteiger partial charge < -0.3 is 14.5 Å². The summed E-state index contributed by atoms with van der Waals surface area (Å²) in [6, 6.07) is 5.53. The predicted molar refractivity (Wildman–Crippen MR) is 85.2 cm³/mol. The van der Waals surface area contributed by atoms with Crippen LogP contribution in [0.25, 0.3) is 0 Å². The molecule has 0 spiro atoms. The fourth-order valence-electron chi connectivity index (χ4n) is 2.45. The standard InChI is InChI=1S/C15H20Cl2N2O2/c1-18(2)12-5-7-19(8-6-12)15(20)10-21-14-4-3-11(16)9-13(14)17/h3-4,9,12H,5-8,10H2,1-2H3. The van der Waals surface area contributed by atoms with Gasteiger partial charge in [-0.25, -0.2) is 0 Å². The smallest absolute Gasteiger partial charge is 0.260 e. The van der Waals surface area contributed by atoms with Gasteiger partial charge in [0.2, 0.25) is 0 Å². The minimum absolute atomic E-state index is 0.00165. The first-order chi connectivity index (χ1) is 9.97. The molecule has 4 nitrogen and oxygen atoms in total. The Morgan fingerprint density at radius 2 is 2.00 bits per heavy atom. The van der Waals surface area contributed by atoms with Crippen molar-refractivity contribution in [3.8, 4) is 5.75 Å². The van der Waals surface area contributed by atoms with Crippen molar-refractivity contribution in [3.63, 3.8) is 0 Å². The molecule has 0 unspecified atom stereocenters. The fourth-order valence-corrected chi connectivity index (χ4v) is 2.92. The highest BCUT2D eigenvalue weighted by Crippen LogP contribution is 2.27. The molecule has 0 aliphatic carbocycles. The van der Waals surface area contributed by atoms with Gasteiger partial charge in [0.05, 0.1) is 5.02 Å². The van der Waals surface area contributed by atoms with Gasteiger partial charge in [-0.3, -0.25) is 4.79 Å². The number of carbonyl (C=O) groups is 1. The molecule has 2 rings (SSSR count). The Bertz CT molecular complexity index is 500. The first-order valence-corrected chi connectivity index (χ1v) is 7.75. The van der Waals surface area contributed by atoms with Gasteiger partial charge in [0.15, 0.2) is 6.61 Å². The lowest BCUT2D eigenvalue weighted by atomic mass is 10.0. The fraction of sp³-hybridized carbons (Fsp3) is 0.533. The predicted octanol–water partition coefficient (Wildman–Crippen LogP) is 2.92. The third-order valence-electron chi connectivity index (χ3n) is 3.79. The van der Waals surface area contributed by atoms with Crippen molar-refractivity contribution in [3.05, 3.63) is 28.2 Å². The third kappa shape index (κ3) is 4.50. The molecule has 1 amide bonds.